The van der Waals surface area contributed by atoms with Gasteiger partial charge in [0.05, 0.1) is 0 Å². The van der Waals surface area contributed by atoms with Gasteiger partial charge in [-0.15, -0.1) is 6.58 Å². The van der Waals surface area contributed by atoms with E-state index in [1.165, 1.54) is 11.1 Å². The molecule has 2 aromatic rings. The predicted octanol–water partition coefficient (Wildman–Crippen LogP) is 3.15. The van der Waals surface area contributed by atoms with Crippen LogP contribution in [0.2, 0.25) is 0 Å². The summed E-state index contributed by atoms with van der Waals surface area (Å²) in [5.74, 6) is -0.750. The number of carbonyl (C=O) groups is 2. The lowest BCUT2D eigenvalue weighted by Crippen LogP contribution is -2.49. The van der Waals surface area contributed by atoms with Crippen LogP contribution in [0, 0.1) is 6.92 Å². The lowest BCUT2D eigenvalue weighted by Gasteiger charge is -2.35. The summed E-state index contributed by atoms with van der Waals surface area (Å²) in [5.41, 5.74) is 2.12. The van der Waals surface area contributed by atoms with Crippen molar-refractivity contribution in [3.8, 4) is 0 Å². The highest BCUT2D eigenvalue weighted by Gasteiger charge is 2.28. The summed E-state index contributed by atoms with van der Waals surface area (Å²) in [7, 11) is 0. The molecule has 0 radical (unpaired) electrons. The van der Waals surface area contributed by atoms with Crippen molar-refractivity contribution in [2.75, 3.05) is 32.7 Å². The van der Waals surface area contributed by atoms with Gasteiger partial charge in [-0.2, -0.15) is 0 Å². The maximum Gasteiger partial charge on any atom is 0.259 e. The highest BCUT2D eigenvalue weighted by molar-refractivity contribution is 5.99. The lowest BCUT2D eigenvalue weighted by atomic mass is 10.1. The highest BCUT2D eigenvalue weighted by Crippen LogP contribution is 2.29. The average Bonchev–Trinajstić information content (AvgIpc) is 3.38. The zero-order valence-corrected chi connectivity index (χ0v) is 20.0. The van der Waals surface area contributed by atoms with Gasteiger partial charge in [0.25, 0.3) is 11.8 Å². The zero-order chi connectivity index (χ0) is 24.1. The zero-order valence-electron chi connectivity index (χ0n) is 20.0. The molecular formula is C27H34N4O3. The molecule has 2 aliphatic rings. The fourth-order valence-electron chi connectivity index (χ4n) is 4.93. The van der Waals surface area contributed by atoms with Crippen molar-refractivity contribution in [3.63, 3.8) is 0 Å². The third-order valence-electron chi connectivity index (χ3n) is 6.82. The molecule has 2 heterocycles. The van der Waals surface area contributed by atoms with Crippen LogP contribution in [0.4, 0.5) is 0 Å². The molecule has 180 valence electrons. The molecule has 0 atom stereocenters. The number of hydrogen-bond donors (Lipinski definition) is 1. The monoisotopic (exact) mass is 462 g/mol. The average molecular weight is 463 g/mol. The second-order valence-electron chi connectivity index (χ2n) is 9.36. The van der Waals surface area contributed by atoms with Crippen molar-refractivity contribution in [3.05, 3.63) is 81.8 Å². The van der Waals surface area contributed by atoms with Gasteiger partial charge >= 0.3 is 0 Å². The first-order chi connectivity index (χ1) is 16.5. The van der Waals surface area contributed by atoms with Gasteiger partial charge in [-0.3, -0.25) is 19.3 Å². The van der Waals surface area contributed by atoms with Crippen molar-refractivity contribution in [1.82, 2.24) is 19.7 Å². The maximum atomic E-state index is 13.4. The first kappa shape index (κ1) is 24.0. The summed E-state index contributed by atoms with van der Waals surface area (Å²) >= 11 is 0. The molecule has 0 bridgehead atoms. The van der Waals surface area contributed by atoms with Gasteiger partial charge in [0.15, 0.2) is 0 Å². The van der Waals surface area contributed by atoms with Gasteiger partial charge in [0.2, 0.25) is 5.43 Å². The number of nitrogens with zero attached hydrogens (tertiary/aromatic N) is 3. The molecule has 7 heteroatoms. The Morgan fingerprint density at radius 1 is 1.09 bits per heavy atom. The second-order valence-corrected chi connectivity index (χ2v) is 9.36. The van der Waals surface area contributed by atoms with E-state index in [0.29, 0.717) is 13.1 Å². The van der Waals surface area contributed by atoms with Gasteiger partial charge in [0.1, 0.15) is 11.1 Å². The maximum absolute atomic E-state index is 13.4. The fourth-order valence-corrected chi connectivity index (χ4v) is 4.93. The Morgan fingerprint density at radius 3 is 2.47 bits per heavy atom. The quantitative estimate of drug-likeness (QED) is 0.642. The summed E-state index contributed by atoms with van der Waals surface area (Å²) in [5, 5.41) is 2.68. The number of benzene rings is 1. The standard InChI is InChI=1S/C27H34N4O3/c1-3-11-28-26(33)23-18-31(22-9-4-5-10-22)19-24(25(23)32)27(34)30-14-12-29(13-15-30)17-21-8-6-7-20(2)16-21/h3,6-8,16,18-19,22H,1,4-5,9-15,17H2,2H3,(H,28,33). The molecule has 1 N–H and O–H groups in total. The first-order valence-electron chi connectivity index (χ1n) is 12.2. The lowest BCUT2D eigenvalue weighted by molar-refractivity contribution is 0.0626. The molecule has 1 saturated carbocycles. The van der Waals surface area contributed by atoms with Crippen LogP contribution < -0.4 is 10.7 Å². The minimum Gasteiger partial charge on any atom is -0.349 e. The van der Waals surface area contributed by atoms with Crippen LogP contribution in [-0.4, -0.2) is 58.9 Å². The highest BCUT2D eigenvalue weighted by atomic mass is 16.2. The Balaban J connectivity index is 1.51. The van der Waals surface area contributed by atoms with E-state index < -0.39 is 11.3 Å². The number of hydrogen-bond acceptors (Lipinski definition) is 4. The van der Waals surface area contributed by atoms with Crippen molar-refractivity contribution in [2.24, 2.45) is 0 Å². The van der Waals surface area contributed by atoms with Crippen LogP contribution >= 0.6 is 0 Å². The smallest absolute Gasteiger partial charge is 0.259 e. The van der Waals surface area contributed by atoms with Gasteiger partial charge in [-0.1, -0.05) is 48.7 Å². The molecule has 1 aromatic heterocycles. The van der Waals surface area contributed by atoms with E-state index in [1.54, 1.807) is 23.4 Å². The number of amides is 2. The Labute approximate surface area is 201 Å². The van der Waals surface area contributed by atoms with Crippen LogP contribution in [0.1, 0.15) is 63.6 Å². The molecule has 4 rings (SSSR count). The van der Waals surface area contributed by atoms with Crippen LogP contribution in [0.15, 0.2) is 54.1 Å². The molecule has 0 unspecified atom stereocenters. The van der Waals surface area contributed by atoms with Crippen molar-refractivity contribution in [2.45, 2.75) is 45.2 Å². The van der Waals surface area contributed by atoms with Gasteiger partial charge in [-0.25, -0.2) is 0 Å². The van der Waals surface area contributed by atoms with Crippen LogP contribution in [0.5, 0.6) is 0 Å². The van der Waals surface area contributed by atoms with Crippen LogP contribution in [0.25, 0.3) is 0 Å². The molecule has 1 aliphatic carbocycles. The van der Waals surface area contributed by atoms with E-state index in [2.05, 4.69) is 48.0 Å². The summed E-state index contributed by atoms with van der Waals surface area (Å²) in [6.45, 7) is 9.41. The number of carbonyl (C=O) groups excluding carboxylic acids is 2. The van der Waals surface area contributed by atoms with E-state index in [-0.39, 0.29) is 29.6 Å². The van der Waals surface area contributed by atoms with Gasteiger partial charge in [0, 0.05) is 57.7 Å². The van der Waals surface area contributed by atoms with Crippen molar-refractivity contribution < 1.29 is 9.59 Å². The number of nitrogens with one attached hydrogen (secondary N) is 1. The third kappa shape index (κ3) is 5.47. The number of aromatic nitrogens is 1. The fraction of sp³-hybridized carbons (Fsp3) is 0.444. The minimum atomic E-state index is -0.497. The van der Waals surface area contributed by atoms with Crippen LogP contribution in [0.3, 0.4) is 0 Å². The van der Waals surface area contributed by atoms with E-state index in [0.717, 1.165) is 45.3 Å². The number of rotatable bonds is 7. The van der Waals surface area contributed by atoms with E-state index >= 15 is 0 Å². The number of pyridine rings is 1. The predicted molar refractivity (Wildman–Crippen MR) is 133 cm³/mol. The molecule has 7 nitrogen and oxygen atoms in total. The summed E-state index contributed by atoms with van der Waals surface area (Å²) in [4.78, 5) is 43.4. The molecule has 34 heavy (non-hydrogen) atoms. The van der Waals surface area contributed by atoms with Crippen molar-refractivity contribution in [1.29, 1.82) is 0 Å². The Bertz CT molecular complexity index is 1110. The number of aryl methyl sites for hydroxylation is 1. The molecular weight excluding hydrogens is 428 g/mol. The summed E-state index contributed by atoms with van der Waals surface area (Å²) < 4.78 is 1.92. The third-order valence-corrected chi connectivity index (χ3v) is 6.82. The largest absolute Gasteiger partial charge is 0.349 e. The van der Waals surface area contributed by atoms with Gasteiger partial charge < -0.3 is 14.8 Å². The second kappa shape index (κ2) is 10.8. The van der Waals surface area contributed by atoms with E-state index in [4.69, 9.17) is 0 Å². The summed E-state index contributed by atoms with van der Waals surface area (Å²) in [6, 6.07) is 8.68. The Kier molecular flexibility index (Phi) is 7.63. The minimum absolute atomic E-state index is 0.0256. The van der Waals surface area contributed by atoms with Crippen molar-refractivity contribution >= 4 is 11.8 Å². The Morgan fingerprint density at radius 2 is 1.79 bits per heavy atom. The molecule has 2 fully saturated rings. The summed E-state index contributed by atoms with van der Waals surface area (Å²) in [6.07, 6.45) is 9.06. The van der Waals surface area contributed by atoms with E-state index in [1.807, 2.05) is 4.57 Å². The molecule has 1 aromatic carbocycles. The topological polar surface area (TPSA) is 74.7 Å². The molecule has 2 amide bonds. The number of piperazine rings is 1. The Hall–Kier alpha value is -3.19. The first-order valence-corrected chi connectivity index (χ1v) is 12.2. The van der Waals surface area contributed by atoms with Crippen LogP contribution in [-0.2, 0) is 6.54 Å². The molecule has 1 saturated heterocycles. The van der Waals surface area contributed by atoms with Gasteiger partial charge in [-0.05, 0) is 25.3 Å². The normalized spacial score (nSPS) is 17.0. The SMILES string of the molecule is C=CCNC(=O)c1cn(C2CCCC2)cc(C(=O)N2CCN(Cc3cccc(C)c3)CC2)c1=O. The molecule has 1 aliphatic heterocycles. The molecule has 0 spiro atoms. The van der Waals surface area contributed by atoms with E-state index in [9.17, 15) is 14.4 Å².